The van der Waals surface area contributed by atoms with Crippen molar-refractivity contribution in [3.8, 4) is 0 Å². The molecular weight excluding hydrogens is 563 g/mol. The number of imidazole rings is 1. The Morgan fingerprint density at radius 1 is 1.12 bits per heavy atom. The van der Waals surface area contributed by atoms with Gasteiger partial charge in [0.1, 0.15) is 41.9 Å². The highest BCUT2D eigenvalue weighted by Crippen LogP contribution is 2.39. The zero-order chi connectivity index (χ0) is 30.7. The van der Waals surface area contributed by atoms with E-state index in [1.807, 2.05) is 6.07 Å². The zero-order valence-electron chi connectivity index (χ0n) is 24.4. The van der Waals surface area contributed by atoms with Crippen LogP contribution in [0, 0.1) is 5.92 Å². The van der Waals surface area contributed by atoms with Crippen molar-refractivity contribution in [3.63, 3.8) is 0 Å². The Balaban J connectivity index is 1.08. The number of aromatic amines is 1. The van der Waals surface area contributed by atoms with E-state index in [-0.39, 0.29) is 29.7 Å². The number of nitrogen functional groups attached to an aromatic ring is 1. The van der Waals surface area contributed by atoms with Gasteiger partial charge in [0.25, 0.3) is 0 Å². The van der Waals surface area contributed by atoms with Gasteiger partial charge in [-0.25, -0.2) is 15.0 Å². The number of alkyl halides is 3. The molecule has 0 amide bonds. The molecule has 1 unspecified atom stereocenters. The molecule has 6 rings (SSSR count). The summed E-state index contributed by atoms with van der Waals surface area (Å²) in [4.78, 5) is 17.6. The van der Waals surface area contributed by atoms with Crippen LogP contribution >= 0.6 is 0 Å². The smallest absolute Gasteiger partial charge is 0.387 e. The van der Waals surface area contributed by atoms with Crippen LogP contribution in [0.3, 0.4) is 0 Å². The maximum atomic E-state index is 13.6. The number of aromatic nitrogens is 5. The molecule has 1 saturated carbocycles. The van der Waals surface area contributed by atoms with Crippen molar-refractivity contribution in [2.75, 3.05) is 18.8 Å². The summed E-state index contributed by atoms with van der Waals surface area (Å²) in [5.41, 5.74) is 9.43. The molecule has 10 nitrogen and oxygen atoms in total. The lowest BCUT2D eigenvalue weighted by atomic mass is 9.76. The number of rotatable bonds is 8. The van der Waals surface area contributed by atoms with Crippen LogP contribution in [0.15, 0.2) is 36.8 Å². The van der Waals surface area contributed by atoms with Gasteiger partial charge >= 0.3 is 6.18 Å². The van der Waals surface area contributed by atoms with Gasteiger partial charge in [0.05, 0.1) is 23.0 Å². The summed E-state index contributed by atoms with van der Waals surface area (Å²) in [6.07, 6.45) is -3.57. The van der Waals surface area contributed by atoms with Gasteiger partial charge in [0.15, 0.2) is 6.23 Å². The summed E-state index contributed by atoms with van der Waals surface area (Å²) < 4.78 is 48.4. The molecule has 4 aromatic rings. The number of halogens is 3. The highest BCUT2D eigenvalue weighted by molar-refractivity contribution is 5.86. The van der Waals surface area contributed by atoms with Gasteiger partial charge in [0, 0.05) is 25.2 Å². The van der Waals surface area contributed by atoms with Crippen LogP contribution in [0.4, 0.5) is 19.0 Å². The zero-order valence-corrected chi connectivity index (χ0v) is 24.4. The Morgan fingerprint density at radius 2 is 1.88 bits per heavy atom. The van der Waals surface area contributed by atoms with Crippen LogP contribution in [-0.4, -0.2) is 83.2 Å². The second-order valence-electron chi connectivity index (χ2n) is 13.0. The molecule has 1 aliphatic heterocycles. The first-order valence-electron chi connectivity index (χ1n) is 14.7. The van der Waals surface area contributed by atoms with E-state index in [2.05, 4.69) is 47.9 Å². The molecule has 4 heterocycles. The van der Waals surface area contributed by atoms with Crippen LogP contribution in [0.2, 0.25) is 0 Å². The number of H-pyrrole nitrogens is 1. The summed E-state index contributed by atoms with van der Waals surface area (Å²) in [6, 6.07) is 7.62. The summed E-state index contributed by atoms with van der Waals surface area (Å²) >= 11 is 0. The van der Waals surface area contributed by atoms with Gasteiger partial charge in [-0.15, -0.1) is 0 Å². The normalized spacial score (nSPS) is 26.5. The predicted molar refractivity (Wildman–Crippen MR) is 155 cm³/mol. The lowest BCUT2D eigenvalue weighted by molar-refractivity contribution is -0.163. The molecular formula is C30H38F3N7O3. The fraction of sp³-hybridized carbons (Fsp3) is 0.567. The summed E-state index contributed by atoms with van der Waals surface area (Å²) in [6.45, 7) is 5.20. The number of nitrogens with zero attached hydrogens (tertiary/aromatic N) is 5. The van der Waals surface area contributed by atoms with Crippen LogP contribution < -0.4 is 5.73 Å². The highest BCUT2D eigenvalue weighted by atomic mass is 19.4. The maximum Gasteiger partial charge on any atom is 0.401 e. The van der Waals surface area contributed by atoms with E-state index in [9.17, 15) is 23.4 Å². The van der Waals surface area contributed by atoms with Gasteiger partial charge in [-0.05, 0) is 54.4 Å². The Morgan fingerprint density at radius 3 is 2.60 bits per heavy atom. The van der Waals surface area contributed by atoms with E-state index in [1.54, 1.807) is 12.3 Å². The number of ether oxygens (including phenoxy) is 1. The van der Waals surface area contributed by atoms with Crippen molar-refractivity contribution in [1.82, 2.24) is 29.4 Å². The lowest BCUT2D eigenvalue weighted by Crippen LogP contribution is -2.52. The number of nitrogens with one attached hydrogen (secondary N) is 1. The number of anilines is 1. The van der Waals surface area contributed by atoms with Crippen LogP contribution in [0.25, 0.3) is 22.1 Å². The number of aliphatic hydroxyl groups is 2. The monoisotopic (exact) mass is 601 g/mol. The standard InChI is InChI=1S/C30H38F3N7O3/c1-29(2,3)17-5-6-20-21(12-17)38-23(37-20)7-4-16-10-18(11-16)39(14-30(31,32)33)13-22-24(41)25(42)28(43-22)40-9-8-19-26(34)35-15-36-27(19)40/h5-6,8-9,12,15-16,18,22,24-25,28,41-42H,4,7,10-11,13-14H2,1-3H3,(H,37,38)(H2,34,35,36)/t16-,18-,22?,24-,25-,28-/m1/s1. The van der Waals surface area contributed by atoms with Crippen molar-refractivity contribution in [2.45, 2.75) is 88.6 Å². The fourth-order valence-electron chi connectivity index (χ4n) is 6.33. The van der Waals surface area contributed by atoms with E-state index in [1.165, 1.54) is 21.4 Å². The molecule has 1 saturated heterocycles. The lowest BCUT2D eigenvalue weighted by Gasteiger charge is -2.44. The molecule has 3 aromatic heterocycles. The number of benzene rings is 1. The minimum Gasteiger partial charge on any atom is -0.387 e. The first kappa shape index (κ1) is 29.8. The minimum atomic E-state index is -4.42. The number of hydrogen-bond donors (Lipinski definition) is 4. The van der Waals surface area contributed by atoms with E-state index in [0.29, 0.717) is 30.3 Å². The molecule has 232 valence electrons. The Bertz CT molecular complexity index is 1590. The second-order valence-corrected chi connectivity index (χ2v) is 13.0. The van der Waals surface area contributed by atoms with E-state index < -0.39 is 37.3 Å². The molecule has 5 N–H and O–H groups in total. The van der Waals surface area contributed by atoms with Gasteiger partial charge in [-0.1, -0.05) is 26.8 Å². The van der Waals surface area contributed by atoms with E-state index in [0.717, 1.165) is 23.3 Å². The van der Waals surface area contributed by atoms with Gasteiger partial charge in [-0.2, -0.15) is 13.2 Å². The predicted octanol–water partition coefficient (Wildman–Crippen LogP) is 4.08. The molecule has 13 heteroatoms. The van der Waals surface area contributed by atoms with Gasteiger partial charge in [0.2, 0.25) is 0 Å². The Labute approximate surface area is 247 Å². The molecule has 43 heavy (non-hydrogen) atoms. The number of nitrogens with two attached hydrogens (primary N) is 1. The topological polar surface area (TPSA) is 138 Å². The van der Waals surface area contributed by atoms with Crippen molar-refractivity contribution < 1.29 is 28.1 Å². The molecule has 0 bridgehead atoms. The molecule has 2 aliphatic rings. The third-order valence-electron chi connectivity index (χ3n) is 8.86. The number of fused-ring (bicyclic) bond motifs is 2. The largest absolute Gasteiger partial charge is 0.401 e. The average molecular weight is 602 g/mol. The molecule has 1 aliphatic carbocycles. The SMILES string of the molecule is CC(C)(C)c1ccc2[nH]c(CC[C@H]3C[C@H](N(CC4O[C@@H](n5ccc6c(N)ncnc65)[C@H](O)[C@@H]4O)CC(F)(F)F)C3)nc2c1. The number of aryl methyl sites for hydroxylation is 1. The number of hydrogen-bond acceptors (Lipinski definition) is 8. The summed E-state index contributed by atoms with van der Waals surface area (Å²) in [5, 5.41) is 22.1. The molecule has 0 spiro atoms. The van der Waals surface area contributed by atoms with E-state index >= 15 is 0 Å². The first-order valence-corrected chi connectivity index (χ1v) is 14.7. The minimum absolute atomic E-state index is 0.0231. The van der Waals surface area contributed by atoms with Crippen molar-refractivity contribution in [2.24, 2.45) is 5.92 Å². The van der Waals surface area contributed by atoms with Gasteiger partial charge in [-0.3, -0.25) is 4.90 Å². The van der Waals surface area contributed by atoms with Crippen molar-refractivity contribution in [1.29, 1.82) is 0 Å². The fourth-order valence-corrected chi connectivity index (χ4v) is 6.33. The highest BCUT2D eigenvalue weighted by Gasteiger charge is 2.47. The molecule has 1 aromatic carbocycles. The maximum absolute atomic E-state index is 13.6. The summed E-state index contributed by atoms with van der Waals surface area (Å²) in [7, 11) is 0. The quantitative estimate of drug-likeness (QED) is 0.237. The first-order chi connectivity index (χ1) is 20.3. The molecule has 2 fully saturated rings. The summed E-state index contributed by atoms with van der Waals surface area (Å²) in [5.74, 6) is 1.39. The average Bonchev–Trinajstić information content (AvgIpc) is 3.58. The van der Waals surface area contributed by atoms with Crippen molar-refractivity contribution >= 4 is 27.9 Å². The molecule has 0 radical (unpaired) electrons. The second kappa shape index (κ2) is 11.0. The van der Waals surface area contributed by atoms with Crippen LogP contribution in [-0.2, 0) is 16.6 Å². The Hall–Kier alpha value is -3.26. The number of aliphatic hydroxyl groups excluding tert-OH is 2. The Kier molecular flexibility index (Phi) is 7.64. The van der Waals surface area contributed by atoms with Gasteiger partial charge < -0.3 is 30.2 Å². The molecule has 4 atom stereocenters. The van der Waals surface area contributed by atoms with Crippen LogP contribution in [0.1, 0.15) is 57.6 Å². The third kappa shape index (κ3) is 6.08. The third-order valence-corrected chi connectivity index (χ3v) is 8.86. The van der Waals surface area contributed by atoms with Crippen LogP contribution in [0.5, 0.6) is 0 Å². The van der Waals surface area contributed by atoms with Crippen molar-refractivity contribution in [3.05, 3.63) is 48.2 Å². The van der Waals surface area contributed by atoms with E-state index in [4.69, 9.17) is 15.5 Å².